The van der Waals surface area contributed by atoms with Gasteiger partial charge in [0.2, 0.25) is 0 Å². The number of aryl methyl sites for hydroxylation is 7. The Morgan fingerprint density at radius 2 is 0.886 bits per heavy atom. The Morgan fingerprint density at radius 1 is 0.500 bits per heavy atom. The predicted octanol–water partition coefficient (Wildman–Crippen LogP) is 7.45. The minimum atomic E-state index is -3.75. The van der Waals surface area contributed by atoms with Crippen molar-refractivity contribution in [2.45, 2.75) is 74.3 Å². The fourth-order valence-corrected chi connectivity index (χ4v) is 5.39. The monoisotopic (exact) mass is 630 g/mol. The van der Waals surface area contributed by atoms with Gasteiger partial charge in [0.1, 0.15) is 0 Å². The molecule has 44 heavy (non-hydrogen) atoms. The van der Waals surface area contributed by atoms with Crippen LogP contribution in [0.5, 0.6) is 0 Å². The zero-order valence-electron chi connectivity index (χ0n) is 27.2. The molecule has 0 saturated carbocycles. The molecule has 0 amide bonds. The number of hydrogen-bond acceptors (Lipinski definition) is 7. The molecule has 0 saturated heterocycles. The standard InChI is InChI=1S/C25H36O7S.C10H14.CH4/c1-20-5-7-24(8-6-20)33(26,27)32-16-15-30-12-11-28-9-10-29-13-14-31-19-25-22(3)17-21(2)18-23(25)4;1-7-5-8(2)10(4)9(3)6-7;/h5-8,17-18H,9-16,19H2,1-4H3;5-6H,1-4H3;1H4. The normalized spacial score (nSPS) is 11.1. The van der Waals surface area contributed by atoms with Gasteiger partial charge in [-0.05, 0) is 101 Å². The summed E-state index contributed by atoms with van der Waals surface area (Å²) in [6, 6.07) is 15.3. The van der Waals surface area contributed by atoms with Gasteiger partial charge in [-0.1, -0.05) is 60.5 Å². The fourth-order valence-electron chi connectivity index (χ4n) is 4.50. The van der Waals surface area contributed by atoms with Gasteiger partial charge >= 0.3 is 0 Å². The highest BCUT2D eigenvalue weighted by atomic mass is 32.2. The molecule has 3 aromatic carbocycles. The first kappa shape index (κ1) is 39.4. The summed E-state index contributed by atoms with van der Waals surface area (Å²) in [6.07, 6.45) is 0. The van der Waals surface area contributed by atoms with Gasteiger partial charge in [-0.15, -0.1) is 0 Å². The van der Waals surface area contributed by atoms with Crippen LogP contribution in [-0.4, -0.2) is 61.3 Å². The topological polar surface area (TPSA) is 80.3 Å². The van der Waals surface area contributed by atoms with Gasteiger partial charge in [0, 0.05) is 0 Å². The zero-order chi connectivity index (χ0) is 31.8. The molecule has 0 aliphatic carbocycles. The van der Waals surface area contributed by atoms with Gasteiger partial charge in [-0.25, -0.2) is 0 Å². The third-order valence-electron chi connectivity index (χ3n) is 7.05. The van der Waals surface area contributed by atoms with E-state index in [0.29, 0.717) is 46.2 Å². The molecule has 0 unspecified atom stereocenters. The van der Waals surface area contributed by atoms with Crippen molar-refractivity contribution >= 4 is 10.1 Å². The smallest absolute Gasteiger partial charge is 0.297 e. The van der Waals surface area contributed by atoms with Crippen molar-refractivity contribution < 1.29 is 31.5 Å². The first-order chi connectivity index (χ1) is 20.4. The second-order valence-corrected chi connectivity index (χ2v) is 12.5. The predicted molar refractivity (Wildman–Crippen MR) is 179 cm³/mol. The Morgan fingerprint density at radius 3 is 1.34 bits per heavy atom. The van der Waals surface area contributed by atoms with Gasteiger partial charge in [0.25, 0.3) is 10.1 Å². The van der Waals surface area contributed by atoms with Crippen LogP contribution in [0.4, 0.5) is 0 Å². The zero-order valence-corrected chi connectivity index (χ0v) is 28.1. The van der Waals surface area contributed by atoms with Gasteiger partial charge in [-0.2, -0.15) is 8.42 Å². The lowest BCUT2D eigenvalue weighted by molar-refractivity contribution is -0.00650. The van der Waals surface area contributed by atoms with Crippen molar-refractivity contribution in [2.75, 3.05) is 52.9 Å². The Balaban J connectivity index is 0.000000745. The molecule has 0 heterocycles. The van der Waals surface area contributed by atoms with Crippen LogP contribution in [-0.2, 0) is 39.9 Å². The van der Waals surface area contributed by atoms with Crippen molar-refractivity contribution in [1.82, 2.24) is 0 Å². The van der Waals surface area contributed by atoms with E-state index in [-0.39, 0.29) is 25.5 Å². The molecule has 0 fully saturated rings. The van der Waals surface area contributed by atoms with E-state index in [1.807, 2.05) is 6.92 Å². The molecule has 0 atom stereocenters. The Hall–Kier alpha value is -2.59. The van der Waals surface area contributed by atoms with Crippen molar-refractivity contribution in [3.63, 3.8) is 0 Å². The van der Waals surface area contributed by atoms with E-state index in [4.69, 9.17) is 23.1 Å². The lowest BCUT2D eigenvalue weighted by atomic mass is 10.0. The summed E-state index contributed by atoms with van der Waals surface area (Å²) >= 11 is 0. The van der Waals surface area contributed by atoms with Crippen molar-refractivity contribution in [1.29, 1.82) is 0 Å². The van der Waals surface area contributed by atoms with Crippen molar-refractivity contribution in [3.8, 4) is 0 Å². The highest BCUT2D eigenvalue weighted by molar-refractivity contribution is 7.86. The van der Waals surface area contributed by atoms with Crippen LogP contribution in [0.15, 0.2) is 53.4 Å². The number of ether oxygens (including phenoxy) is 4. The molecule has 7 nitrogen and oxygen atoms in total. The summed E-state index contributed by atoms with van der Waals surface area (Å²) in [4.78, 5) is 0.141. The molecule has 8 heteroatoms. The van der Waals surface area contributed by atoms with Gasteiger partial charge in [0.15, 0.2) is 0 Å². The second-order valence-electron chi connectivity index (χ2n) is 10.9. The lowest BCUT2D eigenvalue weighted by Crippen LogP contribution is -2.15. The average molecular weight is 631 g/mol. The van der Waals surface area contributed by atoms with E-state index in [9.17, 15) is 8.42 Å². The summed E-state index contributed by atoms with van der Waals surface area (Å²) in [5.74, 6) is 0. The summed E-state index contributed by atoms with van der Waals surface area (Å²) in [7, 11) is -3.75. The molecule has 0 N–H and O–H groups in total. The van der Waals surface area contributed by atoms with E-state index in [1.165, 1.54) is 56.6 Å². The highest BCUT2D eigenvalue weighted by Crippen LogP contribution is 2.17. The van der Waals surface area contributed by atoms with Gasteiger partial charge in [0.05, 0.1) is 64.4 Å². The highest BCUT2D eigenvalue weighted by Gasteiger charge is 2.14. The quantitative estimate of drug-likeness (QED) is 0.120. The minimum Gasteiger partial charge on any atom is -0.377 e. The molecular weight excluding hydrogens is 576 g/mol. The number of hydrogen-bond donors (Lipinski definition) is 0. The summed E-state index contributed by atoms with van der Waals surface area (Å²) in [5, 5.41) is 0. The molecule has 0 aliphatic heterocycles. The molecule has 0 aromatic heterocycles. The van der Waals surface area contributed by atoms with Gasteiger partial charge in [-0.3, -0.25) is 4.18 Å². The second kappa shape index (κ2) is 20.4. The summed E-state index contributed by atoms with van der Waals surface area (Å²) in [5.41, 5.74) is 11.6. The number of benzene rings is 3. The minimum absolute atomic E-state index is 0. The largest absolute Gasteiger partial charge is 0.377 e. The van der Waals surface area contributed by atoms with Crippen LogP contribution in [0, 0.1) is 55.4 Å². The maximum Gasteiger partial charge on any atom is 0.297 e. The van der Waals surface area contributed by atoms with E-state index in [2.05, 4.69) is 72.7 Å². The number of rotatable bonds is 16. The molecule has 0 aliphatic rings. The molecule has 3 rings (SSSR count). The lowest BCUT2D eigenvalue weighted by Gasteiger charge is -2.12. The van der Waals surface area contributed by atoms with Gasteiger partial charge < -0.3 is 18.9 Å². The SMILES string of the molecule is C.Cc1cc(C)c(C)c(C)c1.Cc1ccc(S(=O)(=O)OCCOCCOCCOCCOCc2c(C)cc(C)cc2C)cc1. The molecule has 3 aromatic rings. The third-order valence-corrected chi connectivity index (χ3v) is 8.38. The maximum atomic E-state index is 12.0. The van der Waals surface area contributed by atoms with Crippen molar-refractivity contribution in [2.24, 2.45) is 0 Å². The maximum absolute atomic E-state index is 12.0. The summed E-state index contributed by atoms with van der Waals surface area (Å²) in [6.45, 7) is 20.3. The van der Waals surface area contributed by atoms with Crippen LogP contribution >= 0.6 is 0 Å². The Labute approximate surface area is 267 Å². The van der Waals surface area contributed by atoms with Crippen LogP contribution in [0.3, 0.4) is 0 Å². The van der Waals surface area contributed by atoms with Crippen LogP contribution in [0.2, 0.25) is 0 Å². The van der Waals surface area contributed by atoms with Crippen molar-refractivity contribution in [3.05, 3.63) is 98.6 Å². The molecular formula is C36H54O7S. The molecule has 0 bridgehead atoms. The van der Waals surface area contributed by atoms with E-state index >= 15 is 0 Å². The first-order valence-corrected chi connectivity index (χ1v) is 16.2. The van der Waals surface area contributed by atoms with E-state index < -0.39 is 10.1 Å². The fraction of sp³-hybridized carbons (Fsp3) is 0.500. The van der Waals surface area contributed by atoms with E-state index in [1.54, 1.807) is 12.1 Å². The molecule has 246 valence electrons. The van der Waals surface area contributed by atoms with Crippen LogP contribution in [0.1, 0.15) is 57.5 Å². The van der Waals surface area contributed by atoms with Crippen LogP contribution < -0.4 is 0 Å². The Bertz CT molecular complexity index is 1320. The summed E-state index contributed by atoms with van der Waals surface area (Å²) < 4.78 is 51.0. The Kier molecular flexibility index (Phi) is 18.3. The first-order valence-electron chi connectivity index (χ1n) is 14.8. The third kappa shape index (κ3) is 14.5. The molecule has 0 spiro atoms. The average Bonchev–Trinajstić information content (AvgIpc) is 2.93. The van der Waals surface area contributed by atoms with Crippen LogP contribution in [0.25, 0.3) is 0 Å². The molecule has 0 radical (unpaired) electrons. The van der Waals surface area contributed by atoms with E-state index in [0.717, 1.165) is 5.56 Å².